The van der Waals surface area contributed by atoms with Gasteiger partial charge in [-0.25, -0.2) is 9.59 Å². The summed E-state index contributed by atoms with van der Waals surface area (Å²) in [6.45, 7) is 6.61. The van der Waals surface area contributed by atoms with Crippen LogP contribution in [0.2, 0.25) is 0 Å². The molecule has 2 fully saturated rings. The molecule has 2 saturated heterocycles. The van der Waals surface area contributed by atoms with Crippen LogP contribution in [0.3, 0.4) is 0 Å². The number of nitrogens with zero attached hydrogens (tertiary/aromatic N) is 2. The van der Waals surface area contributed by atoms with Crippen molar-refractivity contribution in [2.45, 2.75) is 64.2 Å². The maximum absolute atomic E-state index is 12.9. The third-order valence-corrected chi connectivity index (χ3v) is 9.29. The Labute approximate surface area is 260 Å². The summed E-state index contributed by atoms with van der Waals surface area (Å²) in [5.74, 6) is -1.81. The SMILES string of the molecule is Cl.Cl.O=C(O)c1ccc2c(c1)-c1cccc3c(C(=O)O)c(CCCN4CCCCC4)c(CCCN4CCCCC4)c-2c13. The van der Waals surface area contributed by atoms with E-state index in [2.05, 4.69) is 9.80 Å². The highest BCUT2D eigenvalue weighted by Crippen LogP contribution is 2.51. The van der Waals surface area contributed by atoms with Gasteiger partial charge in [0.15, 0.2) is 0 Å². The van der Waals surface area contributed by atoms with Crippen LogP contribution in [-0.2, 0) is 12.8 Å². The van der Waals surface area contributed by atoms with Crippen LogP contribution in [0.4, 0.5) is 0 Å². The molecule has 1 aliphatic carbocycles. The molecule has 0 atom stereocenters. The van der Waals surface area contributed by atoms with Gasteiger partial charge in [0.25, 0.3) is 0 Å². The number of aromatic carboxylic acids is 2. The number of carboxylic acid groups (broad SMARTS) is 2. The van der Waals surface area contributed by atoms with E-state index in [1.807, 2.05) is 24.3 Å². The van der Waals surface area contributed by atoms with Gasteiger partial charge >= 0.3 is 11.9 Å². The molecule has 226 valence electrons. The minimum absolute atomic E-state index is 0. The molecule has 42 heavy (non-hydrogen) atoms. The van der Waals surface area contributed by atoms with Crippen LogP contribution in [0, 0.1) is 0 Å². The lowest BCUT2D eigenvalue weighted by molar-refractivity contribution is 0.0686. The summed E-state index contributed by atoms with van der Waals surface area (Å²) in [6.07, 6.45) is 11.1. The lowest BCUT2D eigenvalue weighted by atomic mass is 9.84. The van der Waals surface area contributed by atoms with E-state index < -0.39 is 11.9 Å². The second-order valence-corrected chi connectivity index (χ2v) is 11.8. The van der Waals surface area contributed by atoms with Crippen LogP contribution in [0.5, 0.6) is 0 Å². The molecule has 2 heterocycles. The Bertz CT molecular complexity index is 1450. The maximum Gasteiger partial charge on any atom is 0.336 e. The van der Waals surface area contributed by atoms with Gasteiger partial charge in [-0.05, 0) is 147 Å². The fourth-order valence-corrected chi connectivity index (χ4v) is 7.41. The average molecular weight is 614 g/mol. The molecule has 0 saturated carbocycles. The molecule has 2 N–H and O–H groups in total. The third-order valence-electron chi connectivity index (χ3n) is 9.29. The number of halogens is 2. The van der Waals surface area contributed by atoms with E-state index in [9.17, 15) is 19.8 Å². The van der Waals surface area contributed by atoms with Crippen molar-refractivity contribution in [2.75, 3.05) is 39.3 Å². The maximum atomic E-state index is 12.9. The molecule has 0 bridgehead atoms. The summed E-state index contributed by atoms with van der Waals surface area (Å²) in [7, 11) is 0. The molecule has 3 aliphatic rings. The summed E-state index contributed by atoms with van der Waals surface area (Å²) >= 11 is 0. The van der Waals surface area contributed by atoms with Crippen LogP contribution in [0.25, 0.3) is 33.0 Å². The molecule has 6 nitrogen and oxygen atoms in total. The van der Waals surface area contributed by atoms with Crippen molar-refractivity contribution >= 4 is 47.5 Å². The first kappa shape index (κ1) is 32.3. The molecule has 0 radical (unpaired) electrons. The smallest absolute Gasteiger partial charge is 0.336 e. The van der Waals surface area contributed by atoms with Crippen LogP contribution in [-0.4, -0.2) is 71.2 Å². The Kier molecular flexibility index (Phi) is 10.9. The number of fused-ring (bicyclic) bond motifs is 3. The number of carbonyl (C=O) groups is 2. The fourth-order valence-electron chi connectivity index (χ4n) is 7.41. The highest BCUT2D eigenvalue weighted by atomic mass is 35.5. The fraction of sp³-hybridized carbons (Fsp3) is 0.471. The number of piperidine rings is 2. The number of benzene rings is 3. The molecule has 6 rings (SSSR count). The van der Waals surface area contributed by atoms with Gasteiger partial charge in [-0.2, -0.15) is 0 Å². The Morgan fingerprint density at radius 1 is 0.667 bits per heavy atom. The molecule has 3 aromatic carbocycles. The minimum Gasteiger partial charge on any atom is -0.478 e. The van der Waals surface area contributed by atoms with Crippen LogP contribution < -0.4 is 0 Å². The Hall–Kier alpha value is -2.64. The van der Waals surface area contributed by atoms with Gasteiger partial charge in [-0.1, -0.05) is 37.1 Å². The van der Waals surface area contributed by atoms with Crippen molar-refractivity contribution in [2.24, 2.45) is 0 Å². The zero-order valence-corrected chi connectivity index (χ0v) is 25.8. The molecule has 2 aliphatic heterocycles. The predicted octanol–water partition coefficient (Wildman–Crippen LogP) is 7.56. The highest BCUT2D eigenvalue weighted by molar-refractivity contribution is 6.21. The third kappa shape index (κ3) is 6.33. The standard InChI is InChI=1S/C34H40N2O4.2ClH/c37-33(38)23-14-15-27-29(22-23)26-10-7-11-28-31(26)30(27)24(12-8-20-35-16-3-1-4-17-35)25(32(28)34(39)40)13-9-21-36-18-5-2-6-19-36;;/h7,10-11,14-15,22H,1-6,8-9,12-13,16-21H2,(H,37,38)(H,39,40);2*1H. The molecule has 8 heteroatoms. The first-order valence-corrected chi connectivity index (χ1v) is 15.2. The summed E-state index contributed by atoms with van der Waals surface area (Å²) in [4.78, 5) is 29.9. The molecule has 0 aromatic heterocycles. The number of hydrogen-bond acceptors (Lipinski definition) is 4. The Balaban J connectivity index is 0.00000202. The second kappa shape index (κ2) is 14.2. The van der Waals surface area contributed by atoms with E-state index in [1.165, 1.54) is 38.5 Å². The molecular weight excluding hydrogens is 571 g/mol. The van der Waals surface area contributed by atoms with Crippen molar-refractivity contribution in [1.82, 2.24) is 9.80 Å². The predicted molar refractivity (Wildman–Crippen MR) is 174 cm³/mol. The lowest BCUT2D eigenvalue weighted by Gasteiger charge is -2.28. The van der Waals surface area contributed by atoms with Crippen molar-refractivity contribution in [3.8, 4) is 22.3 Å². The zero-order chi connectivity index (χ0) is 27.6. The summed E-state index contributed by atoms with van der Waals surface area (Å²) < 4.78 is 0. The van der Waals surface area contributed by atoms with Crippen molar-refractivity contribution in [3.63, 3.8) is 0 Å². The summed E-state index contributed by atoms with van der Waals surface area (Å²) in [5.41, 5.74) is 6.87. The van der Waals surface area contributed by atoms with Crippen molar-refractivity contribution in [1.29, 1.82) is 0 Å². The Morgan fingerprint density at radius 3 is 1.83 bits per heavy atom. The first-order chi connectivity index (χ1) is 19.5. The number of hydrogen-bond donors (Lipinski definition) is 2. The largest absolute Gasteiger partial charge is 0.478 e. The minimum atomic E-state index is -0.947. The summed E-state index contributed by atoms with van der Waals surface area (Å²) in [6, 6.07) is 11.3. The van der Waals surface area contributed by atoms with Crippen LogP contribution >= 0.6 is 24.8 Å². The lowest BCUT2D eigenvalue weighted by Crippen LogP contribution is -2.31. The van der Waals surface area contributed by atoms with Crippen molar-refractivity contribution < 1.29 is 19.8 Å². The first-order valence-electron chi connectivity index (χ1n) is 15.2. The average Bonchev–Trinajstić information content (AvgIpc) is 3.30. The van der Waals surface area contributed by atoms with Gasteiger partial charge in [-0.3, -0.25) is 0 Å². The van der Waals surface area contributed by atoms with Crippen LogP contribution in [0.15, 0.2) is 36.4 Å². The van der Waals surface area contributed by atoms with Crippen LogP contribution in [0.1, 0.15) is 83.2 Å². The van der Waals surface area contributed by atoms with Gasteiger partial charge < -0.3 is 20.0 Å². The van der Waals surface area contributed by atoms with Gasteiger partial charge in [0, 0.05) is 0 Å². The molecule has 3 aromatic rings. The molecule has 0 spiro atoms. The number of likely N-dealkylation sites (tertiary alicyclic amines) is 2. The van der Waals surface area contributed by atoms with Crippen molar-refractivity contribution in [3.05, 3.63) is 58.7 Å². The van der Waals surface area contributed by atoms with Gasteiger partial charge in [0.1, 0.15) is 0 Å². The van der Waals surface area contributed by atoms with E-state index in [-0.39, 0.29) is 30.4 Å². The van der Waals surface area contributed by atoms with Gasteiger partial charge in [0.2, 0.25) is 0 Å². The molecular formula is C34H42Cl2N2O4. The highest BCUT2D eigenvalue weighted by Gasteiger charge is 2.31. The molecule has 0 unspecified atom stereocenters. The second-order valence-electron chi connectivity index (χ2n) is 11.8. The van der Waals surface area contributed by atoms with E-state index in [4.69, 9.17) is 0 Å². The quantitative estimate of drug-likeness (QED) is 0.192. The topological polar surface area (TPSA) is 81.1 Å². The number of carboxylic acids is 2. The monoisotopic (exact) mass is 612 g/mol. The summed E-state index contributed by atoms with van der Waals surface area (Å²) in [5, 5.41) is 22.1. The van der Waals surface area contributed by atoms with E-state index in [0.717, 1.165) is 109 Å². The van der Waals surface area contributed by atoms with Gasteiger partial charge in [-0.15, -0.1) is 24.8 Å². The van der Waals surface area contributed by atoms with E-state index >= 15 is 0 Å². The zero-order valence-electron chi connectivity index (χ0n) is 24.2. The normalized spacial score (nSPS) is 16.5. The van der Waals surface area contributed by atoms with E-state index in [1.54, 1.807) is 12.1 Å². The van der Waals surface area contributed by atoms with Gasteiger partial charge in [0.05, 0.1) is 11.1 Å². The Morgan fingerprint density at radius 2 is 1.26 bits per heavy atom. The van der Waals surface area contributed by atoms with E-state index in [0.29, 0.717) is 5.56 Å². The number of rotatable bonds is 10. The molecule has 0 amide bonds.